The van der Waals surface area contributed by atoms with E-state index in [-0.39, 0.29) is 5.91 Å². The maximum Gasteiger partial charge on any atom is 0.409 e. The van der Waals surface area contributed by atoms with Crippen LogP contribution in [0.1, 0.15) is 0 Å². The molecule has 92 valence electrons. The number of nitrogens with zero attached hydrogens (tertiary/aromatic N) is 2. The molecular formula is C11H10N4O3. The summed E-state index contributed by atoms with van der Waals surface area (Å²) in [6.07, 6.45) is 1.63. The van der Waals surface area contributed by atoms with Gasteiger partial charge in [0, 0.05) is 17.6 Å². The zero-order valence-electron chi connectivity index (χ0n) is 9.20. The molecular weight excluding hydrogens is 236 g/mol. The summed E-state index contributed by atoms with van der Waals surface area (Å²) in [5, 5.41) is 13.4. The van der Waals surface area contributed by atoms with Crippen LogP contribution in [0, 0.1) is 0 Å². The Labute approximate surface area is 102 Å². The van der Waals surface area contributed by atoms with Crippen molar-refractivity contribution in [1.29, 1.82) is 0 Å². The molecule has 1 aromatic rings. The van der Waals surface area contributed by atoms with Gasteiger partial charge in [-0.3, -0.25) is 15.1 Å². The van der Waals surface area contributed by atoms with E-state index in [2.05, 4.69) is 20.6 Å². The summed E-state index contributed by atoms with van der Waals surface area (Å²) in [5.41, 5.74) is 0.993. The first-order valence-corrected chi connectivity index (χ1v) is 5.11. The van der Waals surface area contributed by atoms with Crippen molar-refractivity contribution < 1.29 is 14.7 Å². The van der Waals surface area contributed by atoms with Crippen LogP contribution in [0.4, 0.5) is 16.2 Å². The average molecular weight is 246 g/mol. The molecule has 0 aromatic heterocycles. The van der Waals surface area contributed by atoms with Gasteiger partial charge in [-0.25, -0.2) is 9.79 Å². The molecule has 2 amide bonds. The van der Waals surface area contributed by atoms with Crippen molar-refractivity contribution in [3.05, 3.63) is 24.3 Å². The Morgan fingerprint density at radius 3 is 2.22 bits per heavy atom. The Bertz CT molecular complexity index is 510. The normalized spacial score (nSPS) is 16.6. The maximum absolute atomic E-state index is 11.7. The number of benzene rings is 1. The first-order chi connectivity index (χ1) is 8.65. The maximum atomic E-state index is 11.7. The van der Waals surface area contributed by atoms with E-state index < -0.39 is 12.1 Å². The standard InChI is InChI=1S/C11H10N4O3/c16-10(9-5-12-6-13-9)14-7-1-3-8(4-2-7)15-11(17)18/h1-6,9,15H,(H,14,16)(H,17,18). The number of anilines is 2. The third kappa shape index (κ3) is 2.91. The van der Waals surface area contributed by atoms with Gasteiger partial charge in [-0.2, -0.15) is 0 Å². The number of aliphatic imine (C=N–C) groups is 2. The van der Waals surface area contributed by atoms with Crippen LogP contribution in [0.25, 0.3) is 0 Å². The molecule has 7 nitrogen and oxygen atoms in total. The third-order valence-electron chi connectivity index (χ3n) is 2.19. The molecule has 0 spiro atoms. The summed E-state index contributed by atoms with van der Waals surface area (Å²) in [6.45, 7) is 0. The van der Waals surface area contributed by atoms with Crippen molar-refractivity contribution in [2.75, 3.05) is 10.6 Å². The van der Waals surface area contributed by atoms with Crippen LogP contribution in [0.2, 0.25) is 0 Å². The van der Waals surface area contributed by atoms with E-state index >= 15 is 0 Å². The molecule has 3 N–H and O–H groups in total. The van der Waals surface area contributed by atoms with Gasteiger partial charge in [0.15, 0.2) is 6.04 Å². The average Bonchev–Trinajstić information content (AvgIpc) is 2.84. The van der Waals surface area contributed by atoms with E-state index in [9.17, 15) is 9.59 Å². The quantitative estimate of drug-likeness (QED) is 0.746. The minimum Gasteiger partial charge on any atom is -0.465 e. The second-order valence-electron chi connectivity index (χ2n) is 3.50. The number of rotatable bonds is 3. The van der Waals surface area contributed by atoms with E-state index in [0.29, 0.717) is 11.4 Å². The van der Waals surface area contributed by atoms with Gasteiger partial charge >= 0.3 is 6.09 Å². The van der Waals surface area contributed by atoms with Crippen molar-refractivity contribution in [1.82, 2.24) is 0 Å². The van der Waals surface area contributed by atoms with Gasteiger partial charge in [-0.05, 0) is 24.3 Å². The summed E-state index contributed by atoms with van der Waals surface area (Å²) in [5.74, 6) is -0.286. The molecule has 0 fully saturated rings. The zero-order valence-corrected chi connectivity index (χ0v) is 9.20. The lowest BCUT2D eigenvalue weighted by Gasteiger charge is -2.07. The van der Waals surface area contributed by atoms with Gasteiger partial charge in [0.25, 0.3) is 5.91 Å². The van der Waals surface area contributed by atoms with E-state index in [1.807, 2.05) is 0 Å². The Hall–Kier alpha value is -2.70. The monoisotopic (exact) mass is 246 g/mol. The molecule has 18 heavy (non-hydrogen) atoms. The second kappa shape index (κ2) is 5.09. The summed E-state index contributed by atoms with van der Waals surface area (Å²) in [6, 6.07) is 5.70. The van der Waals surface area contributed by atoms with Crippen molar-refractivity contribution in [3.63, 3.8) is 0 Å². The highest BCUT2D eigenvalue weighted by Gasteiger charge is 2.16. The highest BCUT2D eigenvalue weighted by atomic mass is 16.4. The second-order valence-corrected chi connectivity index (χ2v) is 3.50. The highest BCUT2D eigenvalue weighted by molar-refractivity contribution is 6.09. The molecule has 0 saturated carbocycles. The van der Waals surface area contributed by atoms with Gasteiger partial charge in [0.05, 0.1) is 0 Å². The minimum atomic E-state index is -1.14. The lowest BCUT2D eigenvalue weighted by molar-refractivity contribution is -0.115. The summed E-state index contributed by atoms with van der Waals surface area (Å²) in [7, 11) is 0. The number of amides is 2. The molecule has 1 unspecified atom stereocenters. The van der Waals surface area contributed by atoms with Crippen molar-refractivity contribution in [2.24, 2.45) is 9.98 Å². The van der Waals surface area contributed by atoms with Gasteiger partial charge in [0.2, 0.25) is 0 Å². The molecule has 7 heteroatoms. The molecule has 0 saturated heterocycles. The molecule has 1 aromatic carbocycles. The lowest BCUT2D eigenvalue weighted by Crippen LogP contribution is -2.25. The van der Waals surface area contributed by atoms with Crippen molar-refractivity contribution in [2.45, 2.75) is 6.04 Å². The van der Waals surface area contributed by atoms with Crippen molar-refractivity contribution >= 4 is 35.9 Å². The van der Waals surface area contributed by atoms with Crippen LogP contribution in [0.5, 0.6) is 0 Å². The fraction of sp³-hybridized carbons (Fsp3) is 0.0909. The fourth-order valence-corrected chi connectivity index (χ4v) is 1.38. The lowest BCUT2D eigenvalue weighted by atomic mass is 10.2. The Balaban J connectivity index is 1.97. The van der Waals surface area contributed by atoms with Crippen molar-refractivity contribution in [3.8, 4) is 0 Å². The summed E-state index contributed by atoms with van der Waals surface area (Å²) in [4.78, 5) is 29.6. The smallest absolute Gasteiger partial charge is 0.409 e. The molecule has 0 bridgehead atoms. The molecule has 0 radical (unpaired) electrons. The number of hydrogen-bond acceptors (Lipinski definition) is 4. The summed E-state index contributed by atoms with van der Waals surface area (Å²) < 4.78 is 0. The number of hydrogen-bond donors (Lipinski definition) is 3. The van der Waals surface area contributed by atoms with E-state index in [0.717, 1.165) is 0 Å². The van der Waals surface area contributed by atoms with Gasteiger partial charge in [0.1, 0.15) is 6.34 Å². The Morgan fingerprint density at radius 2 is 1.72 bits per heavy atom. The molecule has 0 aliphatic carbocycles. The Kier molecular flexibility index (Phi) is 3.33. The molecule has 1 atom stereocenters. The summed E-state index contributed by atoms with van der Waals surface area (Å²) >= 11 is 0. The predicted molar refractivity (Wildman–Crippen MR) is 67.5 cm³/mol. The molecule has 2 rings (SSSR count). The van der Waals surface area contributed by atoms with E-state index in [1.165, 1.54) is 12.6 Å². The Morgan fingerprint density at radius 1 is 1.11 bits per heavy atom. The van der Waals surface area contributed by atoms with E-state index in [1.54, 1.807) is 24.3 Å². The number of nitrogens with one attached hydrogen (secondary N) is 2. The largest absolute Gasteiger partial charge is 0.465 e. The van der Waals surface area contributed by atoms with Crippen LogP contribution in [0.15, 0.2) is 34.3 Å². The first kappa shape index (κ1) is 11.8. The zero-order chi connectivity index (χ0) is 13.0. The highest BCUT2D eigenvalue weighted by Crippen LogP contribution is 2.14. The van der Waals surface area contributed by atoms with Crippen LogP contribution in [0.3, 0.4) is 0 Å². The fourth-order valence-electron chi connectivity index (χ4n) is 1.38. The van der Waals surface area contributed by atoms with Gasteiger partial charge in [-0.1, -0.05) is 0 Å². The number of carbonyl (C=O) groups excluding carboxylic acids is 1. The van der Waals surface area contributed by atoms with Crippen LogP contribution >= 0.6 is 0 Å². The first-order valence-electron chi connectivity index (χ1n) is 5.11. The van der Waals surface area contributed by atoms with Gasteiger partial charge in [-0.15, -0.1) is 0 Å². The number of carbonyl (C=O) groups is 2. The van der Waals surface area contributed by atoms with Crippen LogP contribution in [-0.4, -0.2) is 35.7 Å². The van der Waals surface area contributed by atoms with Crippen LogP contribution in [-0.2, 0) is 4.79 Å². The minimum absolute atomic E-state index is 0.286. The molecule has 1 aliphatic heterocycles. The predicted octanol–water partition coefficient (Wildman–Crippen LogP) is 1.20. The van der Waals surface area contributed by atoms with Gasteiger partial charge < -0.3 is 10.4 Å². The number of carboxylic acid groups (broad SMARTS) is 1. The topological polar surface area (TPSA) is 103 Å². The third-order valence-corrected chi connectivity index (χ3v) is 2.19. The van der Waals surface area contributed by atoms with E-state index in [4.69, 9.17) is 5.11 Å². The molecule has 1 aliphatic rings. The van der Waals surface area contributed by atoms with Crippen LogP contribution < -0.4 is 10.6 Å². The molecule has 1 heterocycles. The SMILES string of the molecule is O=C(O)Nc1ccc(NC(=O)C2C=NC=N2)cc1.